The van der Waals surface area contributed by atoms with Crippen molar-refractivity contribution in [3.63, 3.8) is 0 Å². The van der Waals surface area contributed by atoms with Gasteiger partial charge in [0.25, 0.3) is 10.0 Å². The van der Waals surface area contributed by atoms with Crippen molar-refractivity contribution in [1.82, 2.24) is 0 Å². The second-order valence-corrected chi connectivity index (χ2v) is 12.6. The van der Waals surface area contributed by atoms with Gasteiger partial charge in [0.15, 0.2) is 0 Å². The normalized spacial score (nSPS) is 11.7. The average molecular weight is 572 g/mol. The summed E-state index contributed by atoms with van der Waals surface area (Å²) in [5.74, 6) is -0.325. The lowest BCUT2D eigenvalue weighted by molar-refractivity contribution is -0.116. The number of hydrogen-bond acceptors (Lipinski definition) is 5. The van der Waals surface area contributed by atoms with Crippen LogP contribution in [0.1, 0.15) is 12.8 Å². The molecule has 0 fully saturated rings. The first-order valence-electron chi connectivity index (χ1n) is 11.7. The number of nitrogens with zero attached hydrogens (tertiary/aromatic N) is 1. The molecule has 4 rings (SSSR count). The van der Waals surface area contributed by atoms with Gasteiger partial charge in [0.05, 0.1) is 22.5 Å². The number of benzene rings is 4. The fraction of sp³-hybridized carbons (Fsp3) is 0.148. The Morgan fingerprint density at radius 3 is 2.26 bits per heavy atom. The number of anilines is 3. The van der Waals surface area contributed by atoms with E-state index in [1.165, 1.54) is 28.6 Å². The topological polar surface area (TPSA) is 113 Å². The molecule has 2 N–H and O–H groups in total. The number of carbonyl (C=O) groups is 1. The Morgan fingerprint density at radius 1 is 0.868 bits per heavy atom. The first-order chi connectivity index (χ1) is 18.0. The largest absolute Gasteiger partial charge is 0.326 e. The summed E-state index contributed by atoms with van der Waals surface area (Å²) in [7, 11) is -7.42. The molecule has 0 aromatic heterocycles. The van der Waals surface area contributed by atoms with Crippen molar-refractivity contribution < 1.29 is 21.6 Å². The number of fused-ring (bicyclic) bond motifs is 1. The molecule has 38 heavy (non-hydrogen) atoms. The smallest absolute Gasteiger partial charge is 0.261 e. The highest BCUT2D eigenvalue weighted by atomic mass is 35.5. The first kappa shape index (κ1) is 27.4. The minimum absolute atomic E-state index is 0.0498. The van der Waals surface area contributed by atoms with Gasteiger partial charge in [-0.15, -0.1) is 0 Å². The number of carbonyl (C=O) groups excluding carboxylic acids is 1. The Kier molecular flexibility index (Phi) is 8.25. The van der Waals surface area contributed by atoms with Crippen LogP contribution < -0.4 is 14.3 Å². The van der Waals surface area contributed by atoms with Crippen molar-refractivity contribution in [2.24, 2.45) is 0 Å². The maximum absolute atomic E-state index is 12.9. The zero-order valence-corrected chi connectivity index (χ0v) is 22.9. The lowest BCUT2D eigenvalue weighted by Crippen LogP contribution is -2.31. The van der Waals surface area contributed by atoms with Gasteiger partial charge in [-0.2, -0.15) is 0 Å². The second kappa shape index (κ2) is 11.4. The van der Waals surface area contributed by atoms with Crippen LogP contribution in [0, 0.1) is 0 Å². The Morgan fingerprint density at radius 2 is 1.55 bits per heavy atom. The molecule has 0 aliphatic rings. The molecule has 0 heterocycles. The highest BCUT2D eigenvalue weighted by molar-refractivity contribution is 7.92. The van der Waals surface area contributed by atoms with E-state index in [1.807, 2.05) is 30.3 Å². The van der Waals surface area contributed by atoms with E-state index in [9.17, 15) is 21.6 Å². The van der Waals surface area contributed by atoms with E-state index < -0.39 is 20.0 Å². The number of halogens is 1. The predicted octanol–water partition coefficient (Wildman–Crippen LogP) is 5.48. The van der Waals surface area contributed by atoms with Crippen molar-refractivity contribution in [1.29, 1.82) is 0 Å². The van der Waals surface area contributed by atoms with E-state index in [-0.39, 0.29) is 30.2 Å². The fourth-order valence-corrected chi connectivity index (χ4v) is 6.18. The van der Waals surface area contributed by atoms with Gasteiger partial charge in [0.2, 0.25) is 15.9 Å². The number of rotatable bonds is 10. The van der Waals surface area contributed by atoms with Crippen LogP contribution in [-0.4, -0.2) is 35.5 Å². The minimum Gasteiger partial charge on any atom is -0.326 e. The molecular weight excluding hydrogens is 546 g/mol. The standard InChI is InChI=1S/C27H26ClN3O5S2/c1-37(33,34)31(23-10-5-9-21(28)19-23)18-6-13-27(32)29-22-14-16-24(17-15-22)38(35,36)30-26-12-4-8-20-7-2-3-11-25(20)26/h2-5,7-12,14-17,19,30H,6,13,18H2,1H3,(H,29,32). The predicted molar refractivity (Wildman–Crippen MR) is 153 cm³/mol. The summed E-state index contributed by atoms with van der Waals surface area (Å²) < 4.78 is 54.2. The minimum atomic E-state index is -3.85. The summed E-state index contributed by atoms with van der Waals surface area (Å²) in [6.07, 6.45) is 1.43. The molecule has 0 saturated carbocycles. The Labute approximate surface area is 227 Å². The van der Waals surface area contributed by atoms with Crippen LogP contribution in [0.4, 0.5) is 17.1 Å². The van der Waals surface area contributed by atoms with Crippen LogP contribution in [0.5, 0.6) is 0 Å². The summed E-state index contributed by atoms with van der Waals surface area (Å²) in [5, 5.41) is 4.82. The van der Waals surface area contributed by atoms with Crippen LogP contribution in [0.25, 0.3) is 10.8 Å². The van der Waals surface area contributed by atoms with E-state index in [0.717, 1.165) is 17.0 Å². The van der Waals surface area contributed by atoms with Gasteiger partial charge < -0.3 is 5.32 Å². The zero-order valence-electron chi connectivity index (χ0n) is 20.5. The van der Waals surface area contributed by atoms with Crippen LogP contribution in [0.3, 0.4) is 0 Å². The molecule has 0 aliphatic carbocycles. The molecule has 0 radical (unpaired) electrons. The van der Waals surface area contributed by atoms with Gasteiger partial charge in [0, 0.05) is 29.1 Å². The Balaban J connectivity index is 1.36. The summed E-state index contributed by atoms with van der Waals surface area (Å²) in [6.45, 7) is 0.101. The van der Waals surface area contributed by atoms with E-state index in [2.05, 4.69) is 10.0 Å². The van der Waals surface area contributed by atoms with E-state index in [1.54, 1.807) is 36.4 Å². The molecule has 198 valence electrons. The number of nitrogens with one attached hydrogen (secondary N) is 2. The number of sulfonamides is 2. The SMILES string of the molecule is CS(=O)(=O)N(CCCC(=O)Nc1ccc(S(=O)(=O)Nc2cccc3ccccc23)cc1)c1cccc(Cl)c1. The summed E-state index contributed by atoms with van der Waals surface area (Å²) >= 11 is 5.99. The zero-order chi connectivity index (χ0) is 27.3. The van der Waals surface area contributed by atoms with Crippen LogP contribution in [-0.2, 0) is 24.8 Å². The van der Waals surface area contributed by atoms with Crippen molar-refractivity contribution in [3.8, 4) is 0 Å². The molecule has 0 saturated heterocycles. The Hall–Kier alpha value is -3.60. The van der Waals surface area contributed by atoms with Gasteiger partial charge in [0.1, 0.15) is 0 Å². The summed E-state index contributed by atoms with van der Waals surface area (Å²) in [4.78, 5) is 12.5. The highest BCUT2D eigenvalue weighted by Crippen LogP contribution is 2.26. The van der Waals surface area contributed by atoms with Crippen molar-refractivity contribution in [3.05, 3.63) is 96.0 Å². The fourth-order valence-electron chi connectivity index (χ4n) is 3.96. The van der Waals surface area contributed by atoms with E-state index in [0.29, 0.717) is 22.1 Å². The third-order valence-electron chi connectivity index (χ3n) is 5.74. The molecule has 0 unspecified atom stereocenters. The molecule has 0 spiro atoms. The van der Waals surface area contributed by atoms with Crippen molar-refractivity contribution in [2.45, 2.75) is 17.7 Å². The lowest BCUT2D eigenvalue weighted by atomic mass is 10.1. The van der Waals surface area contributed by atoms with E-state index in [4.69, 9.17) is 11.6 Å². The third kappa shape index (κ3) is 6.83. The average Bonchev–Trinajstić information content (AvgIpc) is 2.86. The third-order valence-corrected chi connectivity index (χ3v) is 8.55. The molecule has 11 heteroatoms. The van der Waals surface area contributed by atoms with Gasteiger partial charge >= 0.3 is 0 Å². The maximum atomic E-state index is 12.9. The molecule has 0 bridgehead atoms. The Bertz CT molecular complexity index is 1670. The van der Waals surface area contributed by atoms with Crippen molar-refractivity contribution >= 4 is 65.4 Å². The van der Waals surface area contributed by atoms with Crippen LogP contribution >= 0.6 is 11.6 Å². The van der Waals surface area contributed by atoms with Crippen molar-refractivity contribution in [2.75, 3.05) is 27.1 Å². The molecule has 4 aromatic rings. The summed E-state index contributed by atoms with van der Waals surface area (Å²) in [5.41, 5.74) is 1.32. The van der Waals surface area contributed by atoms with E-state index >= 15 is 0 Å². The van der Waals surface area contributed by atoms with Gasteiger partial charge in [-0.05, 0) is 60.3 Å². The molecular formula is C27H26ClN3O5S2. The molecule has 8 nitrogen and oxygen atoms in total. The van der Waals surface area contributed by atoms with Gasteiger partial charge in [-0.3, -0.25) is 13.8 Å². The monoisotopic (exact) mass is 571 g/mol. The van der Waals surface area contributed by atoms with Gasteiger partial charge in [-0.25, -0.2) is 16.8 Å². The number of hydrogen-bond donors (Lipinski definition) is 2. The quantitative estimate of drug-likeness (QED) is 0.262. The second-order valence-electron chi connectivity index (χ2n) is 8.62. The molecule has 1 amide bonds. The van der Waals surface area contributed by atoms with Gasteiger partial charge in [-0.1, -0.05) is 54.1 Å². The molecule has 4 aromatic carbocycles. The first-order valence-corrected chi connectivity index (χ1v) is 15.4. The maximum Gasteiger partial charge on any atom is 0.261 e. The highest BCUT2D eigenvalue weighted by Gasteiger charge is 2.19. The van der Waals surface area contributed by atoms with Crippen LogP contribution in [0.2, 0.25) is 5.02 Å². The number of amides is 1. The van der Waals surface area contributed by atoms with Crippen LogP contribution in [0.15, 0.2) is 95.9 Å². The molecule has 0 atom stereocenters. The lowest BCUT2D eigenvalue weighted by Gasteiger charge is -2.22. The molecule has 0 aliphatic heterocycles. The summed E-state index contributed by atoms with van der Waals surface area (Å²) in [6, 6.07) is 25.2.